The van der Waals surface area contributed by atoms with Crippen molar-refractivity contribution in [1.29, 1.82) is 0 Å². The Morgan fingerprint density at radius 2 is 2.42 bits per heavy atom. The van der Waals surface area contributed by atoms with E-state index in [1.165, 1.54) is 0 Å². The summed E-state index contributed by atoms with van der Waals surface area (Å²) in [7, 11) is 0. The van der Waals surface area contributed by atoms with Crippen molar-refractivity contribution in [2.75, 3.05) is 0 Å². The Morgan fingerprint density at radius 1 is 1.67 bits per heavy atom. The van der Waals surface area contributed by atoms with E-state index in [0.29, 0.717) is 5.69 Å². The predicted octanol–water partition coefficient (Wildman–Crippen LogP) is 1.70. The molecule has 1 aromatic rings. The van der Waals surface area contributed by atoms with Crippen LogP contribution in [0.5, 0.6) is 0 Å². The first-order chi connectivity index (χ1) is 5.77. The van der Waals surface area contributed by atoms with E-state index in [2.05, 4.69) is 4.98 Å². The summed E-state index contributed by atoms with van der Waals surface area (Å²) in [6.07, 6.45) is 5.85. The molecule has 0 unspecified atom stereocenters. The molecule has 0 saturated carbocycles. The maximum absolute atomic E-state index is 11.2. The lowest BCUT2D eigenvalue weighted by Crippen LogP contribution is -1.99. The van der Waals surface area contributed by atoms with Crippen LogP contribution in [-0.2, 0) is 6.54 Å². The van der Waals surface area contributed by atoms with E-state index in [9.17, 15) is 4.79 Å². The van der Waals surface area contributed by atoms with Crippen LogP contribution in [0.1, 0.15) is 30.8 Å². The summed E-state index contributed by atoms with van der Waals surface area (Å²) >= 11 is 0. The smallest absolute Gasteiger partial charge is 0.186 e. The SMILES string of the molecule is CC[CH]C(=O)c1cn(CC)cn1. The van der Waals surface area contributed by atoms with Crippen molar-refractivity contribution in [3.8, 4) is 0 Å². The third kappa shape index (κ3) is 1.94. The largest absolute Gasteiger partial charge is 0.337 e. The molecule has 0 aliphatic rings. The van der Waals surface area contributed by atoms with E-state index in [4.69, 9.17) is 0 Å². The summed E-state index contributed by atoms with van der Waals surface area (Å²) in [5.74, 6) is 0.0182. The molecule has 0 saturated heterocycles. The third-order valence-corrected chi connectivity index (χ3v) is 1.64. The quantitative estimate of drug-likeness (QED) is 0.636. The number of rotatable bonds is 4. The van der Waals surface area contributed by atoms with Gasteiger partial charge >= 0.3 is 0 Å². The zero-order chi connectivity index (χ0) is 8.97. The van der Waals surface area contributed by atoms with Crippen LogP contribution < -0.4 is 0 Å². The van der Waals surface area contributed by atoms with Crippen molar-refractivity contribution < 1.29 is 4.79 Å². The van der Waals surface area contributed by atoms with Crippen LogP contribution in [0.2, 0.25) is 0 Å². The second-order valence-electron chi connectivity index (χ2n) is 2.57. The van der Waals surface area contributed by atoms with E-state index >= 15 is 0 Å². The molecule has 0 atom stereocenters. The average Bonchev–Trinajstić information content (AvgIpc) is 2.52. The molecule has 0 spiro atoms. The van der Waals surface area contributed by atoms with Crippen molar-refractivity contribution in [2.45, 2.75) is 26.8 Å². The molecular weight excluding hydrogens is 152 g/mol. The molecule has 0 bridgehead atoms. The van der Waals surface area contributed by atoms with E-state index in [0.717, 1.165) is 13.0 Å². The third-order valence-electron chi connectivity index (χ3n) is 1.64. The van der Waals surface area contributed by atoms with Crippen LogP contribution in [0.3, 0.4) is 0 Å². The zero-order valence-electron chi connectivity index (χ0n) is 7.45. The van der Waals surface area contributed by atoms with E-state index < -0.39 is 0 Å². The summed E-state index contributed by atoms with van der Waals surface area (Å²) in [6.45, 7) is 4.81. The van der Waals surface area contributed by atoms with Gasteiger partial charge < -0.3 is 4.57 Å². The van der Waals surface area contributed by atoms with E-state index in [1.807, 2.05) is 18.4 Å². The number of hydrogen-bond acceptors (Lipinski definition) is 2. The minimum Gasteiger partial charge on any atom is -0.337 e. The molecule has 0 aliphatic heterocycles. The number of carbonyl (C=O) groups is 1. The van der Waals surface area contributed by atoms with E-state index in [1.54, 1.807) is 18.9 Å². The molecule has 1 aromatic heterocycles. The molecule has 3 nitrogen and oxygen atoms in total. The van der Waals surface area contributed by atoms with Gasteiger partial charge in [-0.05, 0) is 13.3 Å². The van der Waals surface area contributed by atoms with Crippen LogP contribution in [0.15, 0.2) is 12.5 Å². The van der Waals surface area contributed by atoms with Gasteiger partial charge in [0.15, 0.2) is 5.78 Å². The molecule has 3 heteroatoms. The van der Waals surface area contributed by atoms with Gasteiger partial charge in [0.25, 0.3) is 0 Å². The second-order valence-corrected chi connectivity index (χ2v) is 2.57. The standard InChI is InChI=1S/C9H13N2O/c1-3-5-9(12)8-6-11(4-2)7-10-8/h5-7H,3-4H2,1-2H3. The Bertz CT molecular complexity index is 265. The number of nitrogens with zero attached hydrogens (tertiary/aromatic N) is 2. The normalized spacial score (nSPS) is 10.2. The Labute approximate surface area is 72.4 Å². The maximum Gasteiger partial charge on any atom is 0.186 e. The Balaban J connectivity index is 2.68. The first kappa shape index (κ1) is 8.97. The van der Waals surface area contributed by atoms with Gasteiger partial charge in [0.05, 0.1) is 6.33 Å². The van der Waals surface area contributed by atoms with E-state index in [-0.39, 0.29) is 5.78 Å². The molecule has 1 rings (SSSR count). The highest BCUT2D eigenvalue weighted by Gasteiger charge is 2.07. The van der Waals surface area contributed by atoms with Crippen LogP contribution in [0.25, 0.3) is 0 Å². The number of Topliss-reactive ketones (excluding diaryl/α,β-unsaturated/α-hetero) is 1. The Kier molecular flexibility index (Phi) is 3.02. The van der Waals surface area contributed by atoms with Crippen molar-refractivity contribution in [3.63, 3.8) is 0 Å². The lowest BCUT2D eigenvalue weighted by Gasteiger charge is -1.92. The number of ketones is 1. The highest BCUT2D eigenvalue weighted by molar-refractivity contribution is 6.00. The van der Waals surface area contributed by atoms with Gasteiger partial charge in [-0.15, -0.1) is 0 Å². The maximum atomic E-state index is 11.2. The molecule has 0 aliphatic carbocycles. The summed E-state index contributed by atoms with van der Waals surface area (Å²) in [6, 6.07) is 0. The van der Waals surface area contributed by atoms with Crippen molar-refractivity contribution >= 4 is 5.78 Å². The molecule has 12 heavy (non-hydrogen) atoms. The molecular formula is C9H13N2O. The molecule has 1 radical (unpaired) electrons. The average molecular weight is 165 g/mol. The topological polar surface area (TPSA) is 34.9 Å². The lowest BCUT2D eigenvalue weighted by atomic mass is 10.2. The van der Waals surface area contributed by atoms with Gasteiger partial charge in [-0.25, -0.2) is 4.98 Å². The first-order valence-corrected chi connectivity index (χ1v) is 4.17. The number of aromatic nitrogens is 2. The second kappa shape index (κ2) is 4.04. The van der Waals surface area contributed by atoms with Gasteiger partial charge in [0, 0.05) is 19.2 Å². The lowest BCUT2D eigenvalue weighted by molar-refractivity contribution is 0.102. The van der Waals surface area contributed by atoms with Crippen LogP contribution in [-0.4, -0.2) is 15.3 Å². The number of aryl methyl sites for hydroxylation is 1. The van der Waals surface area contributed by atoms with Gasteiger partial charge in [-0.1, -0.05) is 6.92 Å². The molecule has 0 aromatic carbocycles. The summed E-state index contributed by atoms with van der Waals surface area (Å²) < 4.78 is 1.89. The number of carbonyl (C=O) groups excluding carboxylic acids is 1. The fraction of sp³-hybridized carbons (Fsp3) is 0.444. The summed E-state index contributed by atoms with van der Waals surface area (Å²) in [5, 5.41) is 0. The molecule has 0 fully saturated rings. The van der Waals surface area contributed by atoms with Gasteiger partial charge in [0.1, 0.15) is 5.69 Å². The molecule has 1 heterocycles. The molecule has 0 N–H and O–H groups in total. The minimum absolute atomic E-state index is 0.0182. The van der Waals surface area contributed by atoms with Crippen molar-refractivity contribution in [1.82, 2.24) is 9.55 Å². The highest BCUT2D eigenvalue weighted by atomic mass is 16.1. The predicted molar refractivity (Wildman–Crippen MR) is 46.8 cm³/mol. The monoisotopic (exact) mass is 165 g/mol. The van der Waals surface area contributed by atoms with Crippen LogP contribution in [0, 0.1) is 6.42 Å². The summed E-state index contributed by atoms with van der Waals surface area (Å²) in [4.78, 5) is 15.2. The van der Waals surface area contributed by atoms with Gasteiger partial charge in [0.2, 0.25) is 0 Å². The molecule has 0 amide bonds. The van der Waals surface area contributed by atoms with Gasteiger partial charge in [-0.3, -0.25) is 4.79 Å². The Hall–Kier alpha value is -1.12. The minimum atomic E-state index is 0.0182. The van der Waals surface area contributed by atoms with Crippen molar-refractivity contribution in [2.24, 2.45) is 0 Å². The fourth-order valence-electron chi connectivity index (χ4n) is 0.950. The number of hydrogen-bond donors (Lipinski definition) is 0. The van der Waals surface area contributed by atoms with Crippen LogP contribution in [0.4, 0.5) is 0 Å². The fourth-order valence-corrected chi connectivity index (χ4v) is 0.950. The first-order valence-electron chi connectivity index (χ1n) is 4.17. The highest BCUT2D eigenvalue weighted by Crippen LogP contribution is 2.01. The Morgan fingerprint density at radius 3 is 2.92 bits per heavy atom. The summed E-state index contributed by atoms with van der Waals surface area (Å²) in [5.41, 5.74) is 0.540. The zero-order valence-corrected chi connectivity index (χ0v) is 7.45. The van der Waals surface area contributed by atoms with Crippen molar-refractivity contribution in [3.05, 3.63) is 24.6 Å². The number of imidazole rings is 1. The van der Waals surface area contributed by atoms with Gasteiger partial charge in [-0.2, -0.15) is 0 Å². The molecule has 65 valence electrons. The van der Waals surface area contributed by atoms with Crippen LogP contribution >= 0.6 is 0 Å².